The third-order valence-corrected chi connectivity index (χ3v) is 3.82. The van der Waals surface area contributed by atoms with Crippen LogP contribution in [0, 0.1) is 0 Å². The number of aromatic amines is 1. The maximum absolute atomic E-state index is 12.5. The first-order valence-corrected chi connectivity index (χ1v) is 8.11. The molecular formula is C16H15F3N4O6. The van der Waals surface area contributed by atoms with Gasteiger partial charge >= 0.3 is 18.1 Å². The highest BCUT2D eigenvalue weighted by atomic mass is 19.4. The molecule has 0 spiro atoms. The number of nitrogens with zero attached hydrogens (tertiary/aromatic N) is 3. The van der Waals surface area contributed by atoms with Gasteiger partial charge in [-0.2, -0.15) is 4.98 Å². The number of aromatic nitrogens is 4. The number of imidazole rings is 1. The van der Waals surface area contributed by atoms with Gasteiger partial charge in [0.1, 0.15) is 11.5 Å². The summed E-state index contributed by atoms with van der Waals surface area (Å²) in [5, 5.41) is 18.5. The van der Waals surface area contributed by atoms with Crippen LogP contribution in [0.3, 0.4) is 0 Å². The molecule has 0 saturated heterocycles. The predicted molar refractivity (Wildman–Crippen MR) is 91.9 cm³/mol. The maximum atomic E-state index is 12.5. The van der Waals surface area contributed by atoms with Gasteiger partial charge < -0.3 is 24.7 Å². The zero-order chi connectivity index (χ0) is 21.3. The molecule has 3 aromatic rings. The van der Waals surface area contributed by atoms with Crippen LogP contribution in [-0.2, 0) is 13.6 Å². The molecule has 0 fully saturated rings. The fraction of sp³-hybridized carbons (Fsp3) is 0.312. The largest absolute Gasteiger partial charge is 0.573 e. The van der Waals surface area contributed by atoms with E-state index < -0.39 is 42.6 Å². The summed E-state index contributed by atoms with van der Waals surface area (Å²) in [5.74, 6) is -0.578. The van der Waals surface area contributed by atoms with Crippen LogP contribution >= 0.6 is 0 Å². The zero-order valence-electron chi connectivity index (χ0n) is 14.8. The topological polar surface area (TPSA) is 132 Å². The third kappa shape index (κ3) is 4.41. The van der Waals surface area contributed by atoms with Crippen molar-refractivity contribution in [3.8, 4) is 17.5 Å². The molecule has 0 amide bonds. The molecule has 0 bridgehead atoms. The van der Waals surface area contributed by atoms with Crippen molar-refractivity contribution in [1.82, 2.24) is 19.1 Å². The number of aliphatic hydroxyl groups excluding tert-OH is 2. The van der Waals surface area contributed by atoms with Gasteiger partial charge in [0.05, 0.1) is 19.3 Å². The SMILES string of the molecule is Cn1c(=O)n(CC(O)CO)c(=O)c2[nH]c(Oc3cccc(OC(F)(F)F)c3)nc21. The first kappa shape index (κ1) is 20.4. The van der Waals surface area contributed by atoms with Crippen molar-refractivity contribution >= 4 is 11.2 Å². The lowest BCUT2D eigenvalue weighted by Crippen LogP contribution is -2.42. The lowest BCUT2D eigenvalue weighted by atomic mass is 10.3. The molecule has 10 nitrogen and oxygen atoms in total. The summed E-state index contributed by atoms with van der Waals surface area (Å²) >= 11 is 0. The number of hydrogen-bond acceptors (Lipinski definition) is 7. The summed E-state index contributed by atoms with van der Waals surface area (Å²) < 4.78 is 47.9. The molecule has 2 aromatic heterocycles. The Labute approximate surface area is 159 Å². The van der Waals surface area contributed by atoms with E-state index in [1.54, 1.807) is 0 Å². The summed E-state index contributed by atoms with van der Waals surface area (Å²) in [5.41, 5.74) is -1.79. The number of halogens is 3. The smallest absolute Gasteiger partial charge is 0.425 e. The Kier molecular flexibility index (Phi) is 5.35. The molecule has 1 aromatic carbocycles. The van der Waals surface area contributed by atoms with Crippen molar-refractivity contribution in [3.63, 3.8) is 0 Å². The number of H-pyrrole nitrogens is 1. The first-order chi connectivity index (χ1) is 13.6. The Morgan fingerprint density at radius 3 is 2.62 bits per heavy atom. The summed E-state index contributed by atoms with van der Waals surface area (Å²) in [6.07, 6.45) is -6.20. The van der Waals surface area contributed by atoms with E-state index in [2.05, 4.69) is 14.7 Å². The molecule has 3 rings (SSSR count). The molecule has 0 radical (unpaired) electrons. The van der Waals surface area contributed by atoms with Gasteiger partial charge in [-0.3, -0.25) is 13.9 Å². The van der Waals surface area contributed by atoms with E-state index in [1.165, 1.54) is 19.2 Å². The Balaban J connectivity index is 1.98. The molecule has 0 aliphatic carbocycles. The van der Waals surface area contributed by atoms with Gasteiger partial charge in [0, 0.05) is 13.1 Å². The van der Waals surface area contributed by atoms with E-state index >= 15 is 0 Å². The highest BCUT2D eigenvalue weighted by molar-refractivity contribution is 5.70. The van der Waals surface area contributed by atoms with Gasteiger partial charge in [-0.25, -0.2) is 4.79 Å². The molecule has 3 N–H and O–H groups in total. The van der Waals surface area contributed by atoms with E-state index in [0.717, 1.165) is 16.7 Å². The van der Waals surface area contributed by atoms with Gasteiger partial charge in [-0.15, -0.1) is 13.2 Å². The number of nitrogens with one attached hydrogen (secondary N) is 1. The van der Waals surface area contributed by atoms with Crippen LogP contribution in [0.25, 0.3) is 11.2 Å². The number of hydrogen-bond donors (Lipinski definition) is 3. The van der Waals surface area contributed by atoms with Crippen molar-refractivity contribution in [2.45, 2.75) is 19.0 Å². The number of ether oxygens (including phenoxy) is 2. The van der Waals surface area contributed by atoms with Gasteiger partial charge in [-0.1, -0.05) is 6.07 Å². The van der Waals surface area contributed by atoms with E-state index in [1.807, 2.05) is 0 Å². The van der Waals surface area contributed by atoms with Crippen LogP contribution in [-0.4, -0.2) is 48.4 Å². The molecule has 0 aliphatic heterocycles. The molecule has 0 saturated carbocycles. The van der Waals surface area contributed by atoms with E-state index in [9.17, 15) is 27.9 Å². The molecule has 2 heterocycles. The first-order valence-electron chi connectivity index (χ1n) is 8.11. The van der Waals surface area contributed by atoms with Crippen molar-refractivity contribution < 1.29 is 32.9 Å². The highest BCUT2D eigenvalue weighted by Gasteiger charge is 2.31. The molecular weight excluding hydrogens is 401 g/mol. The van der Waals surface area contributed by atoms with Crippen LogP contribution in [0.15, 0.2) is 33.9 Å². The summed E-state index contributed by atoms with van der Waals surface area (Å²) in [7, 11) is 1.33. The lowest BCUT2D eigenvalue weighted by molar-refractivity contribution is -0.274. The number of benzene rings is 1. The van der Waals surface area contributed by atoms with Crippen LogP contribution in [0.1, 0.15) is 0 Å². The predicted octanol–water partition coefficient (Wildman–Crippen LogP) is 0.467. The standard InChI is InChI=1S/C16H15F3N4O6/c1-22-12-11(13(26)23(15(22)27)6-8(25)7-24)20-14(21-12)28-9-3-2-4-10(5-9)29-16(17,18)19/h2-5,8,24-25H,6-7H2,1H3,(H,20,21). The van der Waals surface area contributed by atoms with Gasteiger partial charge in [0.25, 0.3) is 5.56 Å². The van der Waals surface area contributed by atoms with Crippen LogP contribution in [0.5, 0.6) is 17.5 Å². The fourth-order valence-electron chi connectivity index (χ4n) is 2.55. The van der Waals surface area contributed by atoms with E-state index in [4.69, 9.17) is 9.84 Å². The Morgan fingerprint density at radius 1 is 1.28 bits per heavy atom. The zero-order valence-corrected chi connectivity index (χ0v) is 14.8. The summed E-state index contributed by atoms with van der Waals surface area (Å²) in [6.45, 7) is -1.09. The summed E-state index contributed by atoms with van der Waals surface area (Å²) in [6, 6.07) is 4.39. The normalized spacial score (nSPS) is 12.9. The maximum Gasteiger partial charge on any atom is 0.573 e. The van der Waals surface area contributed by atoms with Gasteiger partial charge in [0.15, 0.2) is 11.2 Å². The Morgan fingerprint density at radius 2 is 1.97 bits per heavy atom. The van der Waals surface area contributed by atoms with E-state index in [-0.39, 0.29) is 22.9 Å². The van der Waals surface area contributed by atoms with Crippen molar-refractivity contribution in [3.05, 3.63) is 45.1 Å². The Hall–Kier alpha value is -3.32. The average Bonchev–Trinajstić information content (AvgIpc) is 3.06. The molecule has 1 unspecified atom stereocenters. The lowest BCUT2D eigenvalue weighted by Gasteiger charge is -2.10. The van der Waals surface area contributed by atoms with Crippen LogP contribution in [0.4, 0.5) is 13.2 Å². The second-order valence-corrected chi connectivity index (χ2v) is 5.96. The number of rotatable bonds is 6. The molecule has 0 aliphatic rings. The molecule has 13 heteroatoms. The van der Waals surface area contributed by atoms with Crippen LogP contribution < -0.4 is 20.7 Å². The second-order valence-electron chi connectivity index (χ2n) is 5.96. The number of aliphatic hydroxyl groups is 2. The number of aryl methyl sites for hydroxylation is 1. The minimum absolute atomic E-state index is 0.0626. The minimum atomic E-state index is -4.87. The minimum Gasteiger partial charge on any atom is -0.425 e. The van der Waals surface area contributed by atoms with Crippen LogP contribution in [0.2, 0.25) is 0 Å². The van der Waals surface area contributed by atoms with E-state index in [0.29, 0.717) is 4.57 Å². The Bertz CT molecular complexity index is 1150. The summed E-state index contributed by atoms with van der Waals surface area (Å²) in [4.78, 5) is 31.3. The monoisotopic (exact) mass is 416 g/mol. The third-order valence-electron chi connectivity index (χ3n) is 3.82. The van der Waals surface area contributed by atoms with Crippen molar-refractivity contribution in [2.75, 3.05) is 6.61 Å². The average molecular weight is 416 g/mol. The fourth-order valence-corrected chi connectivity index (χ4v) is 2.55. The van der Waals surface area contributed by atoms with Gasteiger partial charge in [-0.05, 0) is 12.1 Å². The molecule has 29 heavy (non-hydrogen) atoms. The van der Waals surface area contributed by atoms with Crippen molar-refractivity contribution in [2.24, 2.45) is 7.05 Å². The van der Waals surface area contributed by atoms with Crippen molar-refractivity contribution in [1.29, 1.82) is 0 Å². The quantitative estimate of drug-likeness (QED) is 0.532. The second kappa shape index (κ2) is 7.60. The number of fused-ring (bicyclic) bond motifs is 1. The van der Waals surface area contributed by atoms with Gasteiger partial charge in [0.2, 0.25) is 0 Å². The number of alkyl halides is 3. The molecule has 1 atom stereocenters. The highest BCUT2D eigenvalue weighted by Crippen LogP contribution is 2.28. The molecule has 156 valence electrons.